The Kier molecular flexibility index (Phi) is 5.87. The fourth-order valence-corrected chi connectivity index (χ4v) is 5.95. The number of nitrogens with zero attached hydrogens (tertiary/aromatic N) is 2. The number of hydrogen-bond donors (Lipinski definition) is 0. The largest absolute Gasteiger partial charge is 0.338 e. The highest BCUT2D eigenvalue weighted by Gasteiger charge is 2.31. The van der Waals surface area contributed by atoms with Crippen LogP contribution in [0.25, 0.3) is 10.9 Å². The minimum absolute atomic E-state index is 0.0232. The summed E-state index contributed by atoms with van der Waals surface area (Å²) in [6, 6.07) is 22.6. The van der Waals surface area contributed by atoms with Crippen LogP contribution in [-0.2, 0) is 22.0 Å². The van der Waals surface area contributed by atoms with E-state index in [1.54, 1.807) is 29.2 Å². The third kappa shape index (κ3) is 4.43. The van der Waals surface area contributed by atoms with Crippen LogP contribution in [0, 0.1) is 11.7 Å². The molecule has 34 heavy (non-hydrogen) atoms. The van der Waals surface area contributed by atoms with Gasteiger partial charge in [-0.15, -0.1) is 0 Å². The molecule has 0 unspecified atom stereocenters. The van der Waals surface area contributed by atoms with Crippen LogP contribution >= 0.6 is 0 Å². The Morgan fingerprint density at radius 1 is 0.971 bits per heavy atom. The molecule has 5 rings (SSSR count). The van der Waals surface area contributed by atoms with Crippen LogP contribution < -0.4 is 0 Å². The van der Waals surface area contributed by atoms with Gasteiger partial charge >= 0.3 is 0 Å². The van der Waals surface area contributed by atoms with E-state index in [1.165, 1.54) is 30.0 Å². The molecular formula is C27H23FN2O3S. The molecule has 4 aromatic rings. The molecule has 0 saturated carbocycles. The number of benzene rings is 3. The van der Waals surface area contributed by atoms with Crippen molar-refractivity contribution in [3.63, 3.8) is 0 Å². The Bertz CT molecular complexity index is 1460. The second-order valence-electron chi connectivity index (χ2n) is 8.66. The summed E-state index contributed by atoms with van der Waals surface area (Å²) in [7, 11) is -3.84. The molecule has 0 radical (unpaired) electrons. The van der Waals surface area contributed by atoms with Gasteiger partial charge in [0.05, 0.1) is 16.2 Å². The van der Waals surface area contributed by atoms with Gasteiger partial charge in [-0.3, -0.25) is 9.78 Å². The molecule has 1 aromatic heterocycles. The van der Waals surface area contributed by atoms with Crippen LogP contribution in [0.2, 0.25) is 0 Å². The first-order valence-electron chi connectivity index (χ1n) is 11.1. The third-order valence-electron chi connectivity index (χ3n) is 6.19. The Morgan fingerprint density at radius 2 is 1.74 bits per heavy atom. The maximum atomic E-state index is 14.9. The molecule has 5 nitrogen and oxygen atoms in total. The molecule has 1 saturated heterocycles. The Balaban J connectivity index is 1.28. The van der Waals surface area contributed by atoms with Crippen LogP contribution in [0.4, 0.5) is 4.39 Å². The van der Waals surface area contributed by atoms with E-state index in [-0.39, 0.29) is 21.9 Å². The zero-order valence-corrected chi connectivity index (χ0v) is 19.2. The van der Waals surface area contributed by atoms with Crippen molar-refractivity contribution < 1.29 is 17.6 Å². The number of carbonyl (C=O) groups excluding carboxylic acids is 1. The maximum Gasteiger partial charge on any atom is 0.253 e. The lowest BCUT2D eigenvalue weighted by atomic mass is 9.91. The second-order valence-corrected chi connectivity index (χ2v) is 10.6. The van der Waals surface area contributed by atoms with Crippen molar-refractivity contribution in [2.24, 2.45) is 5.92 Å². The highest BCUT2D eigenvalue weighted by atomic mass is 32.2. The number of rotatable bonds is 6. The maximum absolute atomic E-state index is 14.9. The van der Waals surface area contributed by atoms with Crippen molar-refractivity contribution in [1.29, 1.82) is 0 Å². The van der Waals surface area contributed by atoms with E-state index in [0.29, 0.717) is 29.9 Å². The number of para-hydroxylation sites is 1. The van der Waals surface area contributed by atoms with Crippen LogP contribution in [0.15, 0.2) is 90.0 Å². The first kappa shape index (κ1) is 22.2. The molecule has 0 spiro atoms. The zero-order chi connectivity index (χ0) is 23.7. The fourth-order valence-electron chi connectivity index (χ4n) is 4.40. The van der Waals surface area contributed by atoms with Crippen molar-refractivity contribution in [2.75, 3.05) is 13.1 Å². The summed E-state index contributed by atoms with van der Waals surface area (Å²) < 4.78 is 41.0. The molecule has 1 aliphatic heterocycles. The van der Waals surface area contributed by atoms with Gasteiger partial charge in [0.25, 0.3) is 5.91 Å². The van der Waals surface area contributed by atoms with Crippen LogP contribution in [0.3, 0.4) is 0 Å². The van der Waals surface area contributed by atoms with E-state index in [0.717, 1.165) is 12.5 Å². The Hall–Kier alpha value is -3.58. The van der Waals surface area contributed by atoms with Gasteiger partial charge in [0, 0.05) is 35.8 Å². The summed E-state index contributed by atoms with van der Waals surface area (Å²) in [5.41, 5.74) is 1.84. The molecule has 3 aromatic carbocycles. The van der Waals surface area contributed by atoms with Crippen molar-refractivity contribution in [3.05, 3.63) is 108 Å². The van der Waals surface area contributed by atoms with Gasteiger partial charge in [-0.1, -0.05) is 54.6 Å². The molecule has 2 heterocycles. The average Bonchev–Trinajstić information content (AvgIpc) is 2.82. The predicted molar refractivity (Wildman–Crippen MR) is 129 cm³/mol. The molecule has 0 bridgehead atoms. The quantitative estimate of drug-likeness (QED) is 0.408. The van der Waals surface area contributed by atoms with Gasteiger partial charge in [-0.2, -0.15) is 0 Å². The van der Waals surface area contributed by atoms with Gasteiger partial charge in [0.1, 0.15) is 5.82 Å². The third-order valence-corrected chi connectivity index (χ3v) is 7.88. The monoisotopic (exact) mass is 474 g/mol. The molecule has 0 atom stereocenters. The first-order valence-corrected chi connectivity index (χ1v) is 12.7. The van der Waals surface area contributed by atoms with E-state index in [9.17, 15) is 17.6 Å². The van der Waals surface area contributed by atoms with E-state index in [2.05, 4.69) is 17.1 Å². The van der Waals surface area contributed by atoms with E-state index >= 15 is 0 Å². The predicted octanol–water partition coefficient (Wildman–Crippen LogP) is 4.66. The average molecular weight is 475 g/mol. The van der Waals surface area contributed by atoms with Crippen molar-refractivity contribution >= 4 is 26.6 Å². The number of carbonyl (C=O) groups is 1. The highest BCUT2D eigenvalue weighted by Crippen LogP contribution is 2.27. The number of pyridine rings is 1. The zero-order valence-electron chi connectivity index (χ0n) is 18.4. The molecule has 7 heteroatoms. The number of hydrogen-bond acceptors (Lipinski definition) is 4. The normalized spacial score (nSPS) is 14.2. The lowest BCUT2D eigenvalue weighted by Crippen LogP contribution is -2.50. The molecule has 0 aliphatic carbocycles. The highest BCUT2D eigenvalue weighted by molar-refractivity contribution is 7.90. The lowest BCUT2D eigenvalue weighted by Gasteiger charge is -2.39. The molecule has 1 amide bonds. The number of amides is 1. The SMILES string of the molecule is O=C(c1ccc(CS(=O)(=O)c2cccc3cccnc23)c(F)c1)N1CC(Cc2ccccc2)C1. The summed E-state index contributed by atoms with van der Waals surface area (Å²) in [5, 5.41) is 0.699. The van der Waals surface area contributed by atoms with E-state index in [1.807, 2.05) is 18.2 Å². The van der Waals surface area contributed by atoms with Crippen LogP contribution in [0.5, 0.6) is 0 Å². The minimum Gasteiger partial charge on any atom is -0.338 e. The van der Waals surface area contributed by atoms with Gasteiger partial charge in [-0.05, 0) is 42.2 Å². The Labute approximate surface area is 197 Å². The molecule has 0 N–H and O–H groups in total. The van der Waals surface area contributed by atoms with Crippen molar-refractivity contribution in [1.82, 2.24) is 9.88 Å². The minimum atomic E-state index is -3.84. The number of sulfone groups is 1. The first-order chi connectivity index (χ1) is 16.4. The summed E-state index contributed by atoms with van der Waals surface area (Å²) in [6.45, 7) is 1.25. The van der Waals surface area contributed by atoms with Gasteiger partial charge in [-0.25, -0.2) is 12.8 Å². The summed E-state index contributed by atoms with van der Waals surface area (Å²) in [4.78, 5) is 18.7. The van der Waals surface area contributed by atoms with Gasteiger partial charge in [0.15, 0.2) is 9.84 Å². The van der Waals surface area contributed by atoms with Crippen LogP contribution in [0.1, 0.15) is 21.5 Å². The molecular weight excluding hydrogens is 451 g/mol. The molecule has 1 fully saturated rings. The standard InChI is InChI=1S/C27H23FN2O3S/c28-24-15-22(27(31)30-16-20(17-30)14-19-6-2-1-3-7-19)11-12-23(24)18-34(32,33)25-10-4-8-21-9-5-13-29-26(21)25/h1-13,15,20H,14,16-18H2. The summed E-state index contributed by atoms with van der Waals surface area (Å²) in [5.74, 6) is -1.07. The number of halogens is 1. The second kappa shape index (κ2) is 8.99. The fraction of sp³-hybridized carbons (Fsp3) is 0.185. The number of fused-ring (bicyclic) bond motifs is 1. The molecule has 1 aliphatic rings. The number of likely N-dealkylation sites (tertiary alicyclic amines) is 1. The van der Waals surface area contributed by atoms with Gasteiger partial charge in [0.2, 0.25) is 0 Å². The van der Waals surface area contributed by atoms with E-state index in [4.69, 9.17) is 0 Å². The Morgan fingerprint density at radius 3 is 2.50 bits per heavy atom. The summed E-state index contributed by atoms with van der Waals surface area (Å²) in [6.07, 6.45) is 2.43. The van der Waals surface area contributed by atoms with Crippen molar-refractivity contribution in [3.8, 4) is 0 Å². The van der Waals surface area contributed by atoms with Crippen molar-refractivity contribution in [2.45, 2.75) is 17.1 Å². The lowest BCUT2D eigenvalue weighted by molar-refractivity contribution is 0.0500. The number of aromatic nitrogens is 1. The topological polar surface area (TPSA) is 67.3 Å². The summed E-state index contributed by atoms with van der Waals surface area (Å²) >= 11 is 0. The molecule has 172 valence electrons. The smallest absolute Gasteiger partial charge is 0.253 e. The van der Waals surface area contributed by atoms with Gasteiger partial charge < -0.3 is 4.90 Å². The van der Waals surface area contributed by atoms with Crippen LogP contribution in [-0.4, -0.2) is 37.3 Å². The van der Waals surface area contributed by atoms with E-state index < -0.39 is 21.4 Å².